The average Bonchev–Trinajstić information content (AvgIpc) is 2.22. The van der Waals surface area contributed by atoms with E-state index in [2.05, 4.69) is 12.2 Å². The topological polar surface area (TPSA) is 38.3 Å². The van der Waals surface area contributed by atoms with E-state index in [0.717, 1.165) is 6.42 Å². The van der Waals surface area contributed by atoms with E-state index in [1.165, 1.54) is 19.3 Å². The zero-order chi connectivity index (χ0) is 11.3. The fraction of sp³-hybridized carbons (Fsp3) is 0.917. The van der Waals surface area contributed by atoms with Gasteiger partial charge in [0.15, 0.2) is 0 Å². The third kappa shape index (κ3) is 2.94. The van der Waals surface area contributed by atoms with Crippen LogP contribution >= 0.6 is 0 Å². The predicted molar refractivity (Wildman–Crippen MR) is 60.7 cm³/mol. The van der Waals surface area contributed by atoms with Crippen molar-refractivity contribution in [2.75, 3.05) is 13.7 Å². The smallest absolute Gasteiger partial charge is 0.307 e. The molecule has 3 nitrogen and oxygen atoms in total. The largest absolute Gasteiger partial charge is 0.466 e. The van der Waals surface area contributed by atoms with Gasteiger partial charge in [0.25, 0.3) is 0 Å². The van der Waals surface area contributed by atoms with Crippen LogP contribution in [0.3, 0.4) is 0 Å². The standard InChI is InChI=1S/C12H23NO2/c1-4-15-11(14)9-12(13-3)8-6-5-7-10(12)2/h10,13H,4-9H2,1-3H3. The molecular formula is C12H23NO2. The first-order valence-corrected chi connectivity index (χ1v) is 5.99. The molecule has 0 heterocycles. The number of ether oxygens (including phenoxy) is 1. The summed E-state index contributed by atoms with van der Waals surface area (Å²) in [5, 5.41) is 3.36. The maximum Gasteiger partial charge on any atom is 0.307 e. The van der Waals surface area contributed by atoms with Crippen molar-refractivity contribution in [1.82, 2.24) is 5.32 Å². The average molecular weight is 213 g/mol. The molecule has 0 aromatic carbocycles. The monoisotopic (exact) mass is 213 g/mol. The second-order valence-corrected chi connectivity index (χ2v) is 4.53. The van der Waals surface area contributed by atoms with Gasteiger partial charge in [-0.05, 0) is 32.7 Å². The Morgan fingerprint density at radius 1 is 1.53 bits per heavy atom. The fourth-order valence-electron chi connectivity index (χ4n) is 2.61. The lowest BCUT2D eigenvalue weighted by Gasteiger charge is -2.42. The van der Waals surface area contributed by atoms with Crippen LogP contribution in [-0.2, 0) is 9.53 Å². The van der Waals surface area contributed by atoms with Crippen LogP contribution in [0.2, 0.25) is 0 Å². The molecule has 15 heavy (non-hydrogen) atoms. The van der Waals surface area contributed by atoms with Gasteiger partial charge < -0.3 is 10.1 Å². The van der Waals surface area contributed by atoms with E-state index >= 15 is 0 Å². The molecule has 1 saturated carbocycles. The highest BCUT2D eigenvalue weighted by Gasteiger charge is 2.38. The summed E-state index contributed by atoms with van der Waals surface area (Å²) in [6.45, 7) is 4.57. The summed E-state index contributed by atoms with van der Waals surface area (Å²) in [6.07, 6.45) is 5.31. The Balaban J connectivity index is 2.61. The van der Waals surface area contributed by atoms with Gasteiger partial charge in [-0.3, -0.25) is 4.79 Å². The number of rotatable bonds is 4. The molecule has 0 spiro atoms. The van der Waals surface area contributed by atoms with Gasteiger partial charge in [0.2, 0.25) is 0 Å². The highest BCUT2D eigenvalue weighted by atomic mass is 16.5. The van der Waals surface area contributed by atoms with Crippen LogP contribution in [0.1, 0.15) is 46.0 Å². The van der Waals surface area contributed by atoms with Gasteiger partial charge >= 0.3 is 5.97 Å². The third-order valence-corrected chi connectivity index (χ3v) is 3.72. The van der Waals surface area contributed by atoms with Gasteiger partial charge in [-0.1, -0.05) is 19.8 Å². The van der Waals surface area contributed by atoms with Crippen LogP contribution in [-0.4, -0.2) is 25.2 Å². The van der Waals surface area contributed by atoms with Crippen molar-refractivity contribution < 1.29 is 9.53 Å². The molecule has 1 aliphatic rings. The first kappa shape index (κ1) is 12.5. The highest BCUT2D eigenvalue weighted by molar-refractivity contribution is 5.71. The lowest BCUT2D eigenvalue weighted by Crippen LogP contribution is -2.52. The number of carbonyl (C=O) groups is 1. The second kappa shape index (κ2) is 5.50. The Kier molecular flexibility index (Phi) is 4.58. The van der Waals surface area contributed by atoms with Crippen LogP contribution in [0.15, 0.2) is 0 Å². The molecular weight excluding hydrogens is 190 g/mol. The summed E-state index contributed by atoms with van der Waals surface area (Å²) < 4.78 is 5.04. The van der Waals surface area contributed by atoms with Crippen LogP contribution in [0, 0.1) is 5.92 Å². The zero-order valence-electron chi connectivity index (χ0n) is 10.1. The van der Waals surface area contributed by atoms with Gasteiger partial charge in [-0.25, -0.2) is 0 Å². The van der Waals surface area contributed by atoms with Gasteiger partial charge in [0.05, 0.1) is 13.0 Å². The van der Waals surface area contributed by atoms with E-state index in [4.69, 9.17) is 4.74 Å². The van der Waals surface area contributed by atoms with E-state index in [0.29, 0.717) is 18.9 Å². The lowest BCUT2D eigenvalue weighted by atomic mass is 9.72. The van der Waals surface area contributed by atoms with Crippen molar-refractivity contribution in [3.8, 4) is 0 Å². The van der Waals surface area contributed by atoms with Gasteiger partial charge in [-0.15, -0.1) is 0 Å². The summed E-state index contributed by atoms with van der Waals surface area (Å²) in [7, 11) is 1.96. The Labute approximate surface area is 92.6 Å². The molecule has 2 atom stereocenters. The van der Waals surface area contributed by atoms with Crippen molar-refractivity contribution in [3.05, 3.63) is 0 Å². The molecule has 1 fully saturated rings. The van der Waals surface area contributed by atoms with E-state index in [1.807, 2.05) is 14.0 Å². The van der Waals surface area contributed by atoms with Crippen molar-refractivity contribution in [3.63, 3.8) is 0 Å². The Morgan fingerprint density at radius 2 is 2.27 bits per heavy atom. The number of esters is 1. The number of nitrogens with one attached hydrogen (secondary N) is 1. The minimum absolute atomic E-state index is 0.0233. The molecule has 0 radical (unpaired) electrons. The van der Waals surface area contributed by atoms with Crippen LogP contribution < -0.4 is 5.32 Å². The molecule has 0 aromatic heterocycles. The molecule has 0 saturated heterocycles. The number of carbonyl (C=O) groups excluding carboxylic acids is 1. The van der Waals surface area contributed by atoms with Crippen molar-refractivity contribution in [1.29, 1.82) is 0 Å². The van der Waals surface area contributed by atoms with Gasteiger partial charge in [0.1, 0.15) is 0 Å². The first-order chi connectivity index (χ1) is 7.14. The number of hydrogen-bond donors (Lipinski definition) is 1. The minimum atomic E-state index is -0.0689. The fourth-order valence-corrected chi connectivity index (χ4v) is 2.61. The molecule has 0 aromatic rings. The van der Waals surface area contributed by atoms with Crippen LogP contribution in [0.5, 0.6) is 0 Å². The quantitative estimate of drug-likeness (QED) is 0.727. The molecule has 2 unspecified atom stereocenters. The summed E-state index contributed by atoms with van der Waals surface area (Å²) >= 11 is 0. The molecule has 1 rings (SSSR count). The first-order valence-electron chi connectivity index (χ1n) is 5.99. The Bertz CT molecular complexity index is 218. The minimum Gasteiger partial charge on any atom is -0.466 e. The predicted octanol–water partition coefficient (Wildman–Crippen LogP) is 2.11. The molecule has 1 aliphatic carbocycles. The van der Waals surface area contributed by atoms with Gasteiger partial charge in [-0.2, -0.15) is 0 Å². The highest BCUT2D eigenvalue weighted by Crippen LogP contribution is 2.36. The van der Waals surface area contributed by atoms with E-state index in [1.54, 1.807) is 0 Å². The van der Waals surface area contributed by atoms with Crippen LogP contribution in [0.4, 0.5) is 0 Å². The molecule has 0 amide bonds. The van der Waals surface area contributed by atoms with Crippen molar-refractivity contribution in [2.45, 2.75) is 51.5 Å². The maximum atomic E-state index is 11.6. The summed E-state index contributed by atoms with van der Waals surface area (Å²) in [5.41, 5.74) is -0.0233. The van der Waals surface area contributed by atoms with E-state index < -0.39 is 0 Å². The van der Waals surface area contributed by atoms with Crippen molar-refractivity contribution >= 4 is 5.97 Å². The van der Waals surface area contributed by atoms with E-state index in [9.17, 15) is 4.79 Å². The Hall–Kier alpha value is -0.570. The molecule has 0 aliphatic heterocycles. The summed E-state index contributed by atoms with van der Waals surface area (Å²) in [5.74, 6) is 0.487. The normalized spacial score (nSPS) is 31.3. The second-order valence-electron chi connectivity index (χ2n) is 4.53. The lowest BCUT2D eigenvalue weighted by molar-refractivity contribution is -0.145. The number of hydrogen-bond acceptors (Lipinski definition) is 3. The van der Waals surface area contributed by atoms with Gasteiger partial charge in [0, 0.05) is 5.54 Å². The third-order valence-electron chi connectivity index (χ3n) is 3.72. The van der Waals surface area contributed by atoms with Crippen molar-refractivity contribution in [2.24, 2.45) is 5.92 Å². The molecule has 88 valence electrons. The molecule has 3 heteroatoms. The summed E-state index contributed by atoms with van der Waals surface area (Å²) in [4.78, 5) is 11.6. The Morgan fingerprint density at radius 3 is 2.80 bits per heavy atom. The zero-order valence-corrected chi connectivity index (χ0v) is 10.1. The maximum absolute atomic E-state index is 11.6. The summed E-state index contributed by atoms with van der Waals surface area (Å²) in [6, 6.07) is 0. The van der Waals surface area contributed by atoms with E-state index in [-0.39, 0.29) is 11.5 Å². The molecule has 0 bridgehead atoms. The SMILES string of the molecule is CCOC(=O)CC1(NC)CCCCC1C. The van der Waals surface area contributed by atoms with Crippen LogP contribution in [0.25, 0.3) is 0 Å². The molecule has 1 N–H and O–H groups in total.